The van der Waals surface area contributed by atoms with Crippen molar-refractivity contribution in [1.29, 1.82) is 5.26 Å². The molecule has 1 aromatic heterocycles. The van der Waals surface area contributed by atoms with E-state index in [1.165, 1.54) is 23.5 Å². The fraction of sp³-hybridized carbons (Fsp3) is 0. The molecular formula is C9H5NO2S. The van der Waals surface area contributed by atoms with E-state index in [1.807, 2.05) is 6.07 Å². The van der Waals surface area contributed by atoms with Crippen molar-refractivity contribution >= 4 is 21.4 Å². The van der Waals surface area contributed by atoms with Gasteiger partial charge in [0.25, 0.3) is 0 Å². The molecule has 3 nitrogen and oxygen atoms in total. The lowest BCUT2D eigenvalue weighted by atomic mass is 10.1. The summed E-state index contributed by atoms with van der Waals surface area (Å²) in [6.07, 6.45) is 0. The van der Waals surface area contributed by atoms with E-state index in [1.54, 1.807) is 5.38 Å². The summed E-state index contributed by atoms with van der Waals surface area (Å²) < 4.78 is 0.772. The van der Waals surface area contributed by atoms with Crippen LogP contribution in [0.15, 0.2) is 17.5 Å². The third-order valence-electron chi connectivity index (χ3n) is 1.79. The van der Waals surface area contributed by atoms with Crippen LogP contribution in [0.5, 0.6) is 11.5 Å². The van der Waals surface area contributed by atoms with Gasteiger partial charge in [-0.2, -0.15) is 5.26 Å². The van der Waals surface area contributed by atoms with Crippen LogP contribution in [0.2, 0.25) is 0 Å². The Kier molecular flexibility index (Phi) is 1.61. The second kappa shape index (κ2) is 2.64. The molecule has 0 aliphatic heterocycles. The lowest BCUT2D eigenvalue weighted by molar-refractivity contribution is 0.474. The molecule has 1 aromatic carbocycles. The molecule has 64 valence electrons. The van der Waals surface area contributed by atoms with E-state index in [2.05, 4.69) is 0 Å². The Balaban J connectivity index is 2.86. The topological polar surface area (TPSA) is 64.2 Å². The number of nitriles is 1. The van der Waals surface area contributed by atoms with Gasteiger partial charge in [-0.05, 0) is 12.1 Å². The minimum absolute atomic E-state index is 0.0446. The highest BCUT2D eigenvalue weighted by Gasteiger charge is 2.07. The first-order valence-electron chi connectivity index (χ1n) is 3.55. The number of aromatic hydroxyl groups is 2. The summed E-state index contributed by atoms with van der Waals surface area (Å²) in [6.45, 7) is 0. The van der Waals surface area contributed by atoms with E-state index in [0.717, 1.165) is 4.70 Å². The van der Waals surface area contributed by atoms with Crippen molar-refractivity contribution < 1.29 is 10.2 Å². The van der Waals surface area contributed by atoms with Crippen LogP contribution >= 0.6 is 11.3 Å². The average molecular weight is 191 g/mol. The number of benzene rings is 1. The normalized spacial score (nSPS) is 10.1. The van der Waals surface area contributed by atoms with Gasteiger partial charge in [0.15, 0.2) is 0 Å². The maximum absolute atomic E-state index is 9.34. The largest absolute Gasteiger partial charge is 0.507 e. The zero-order chi connectivity index (χ0) is 9.42. The first-order chi connectivity index (χ1) is 6.22. The lowest BCUT2D eigenvalue weighted by Crippen LogP contribution is -1.75. The quantitative estimate of drug-likeness (QED) is 0.670. The van der Waals surface area contributed by atoms with Gasteiger partial charge in [-0.1, -0.05) is 0 Å². The Morgan fingerprint density at radius 2 is 2.00 bits per heavy atom. The van der Waals surface area contributed by atoms with Crippen LogP contribution in [0.1, 0.15) is 5.56 Å². The van der Waals surface area contributed by atoms with E-state index >= 15 is 0 Å². The van der Waals surface area contributed by atoms with Crippen molar-refractivity contribution in [1.82, 2.24) is 0 Å². The molecule has 2 aromatic rings. The first kappa shape index (κ1) is 7.90. The summed E-state index contributed by atoms with van der Waals surface area (Å²) in [5.74, 6) is 0.105. The zero-order valence-electron chi connectivity index (χ0n) is 6.48. The molecule has 0 saturated heterocycles. The molecule has 4 heteroatoms. The summed E-state index contributed by atoms with van der Waals surface area (Å²) in [4.78, 5) is 0. The molecule has 0 amide bonds. The van der Waals surface area contributed by atoms with Crippen molar-refractivity contribution in [2.45, 2.75) is 0 Å². The van der Waals surface area contributed by atoms with Gasteiger partial charge in [0.2, 0.25) is 0 Å². The molecule has 0 spiro atoms. The molecule has 0 atom stereocenters. The molecule has 0 bridgehead atoms. The number of rotatable bonds is 0. The maximum atomic E-state index is 9.34. The summed E-state index contributed by atoms with van der Waals surface area (Å²) in [6, 6.07) is 4.81. The van der Waals surface area contributed by atoms with Gasteiger partial charge in [-0.3, -0.25) is 0 Å². The van der Waals surface area contributed by atoms with E-state index < -0.39 is 0 Å². The van der Waals surface area contributed by atoms with Crippen LogP contribution in [-0.4, -0.2) is 10.2 Å². The molecule has 2 rings (SSSR count). The molecule has 0 radical (unpaired) electrons. The van der Waals surface area contributed by atoms with Crippen molar-refractivity contribution in [3.8, 4) is 17.6 Å². The highest BCUT2D eigenvalue weighted by Crippen LogP contribution is 2.35. The monoisotopic (exact) mass is 191 g/mol. The van der Waals surface area contributed by atoms with E-state index in [0.29, 0.717) is 5.39 Å². The molecule has 0 saturated carbocycles. The lowest BCUT2D eigenvalue weighted by Gasteiger charge is -1.95. The van der Waals surface area contributed by atoms with Gasteiger partial charge in [-0.15, -0.1) is 11.3 Å². The summed E-state index contributed by atoms with van der Waals surface area (Å²) >= 11 is 1.33. The SMILES string of the molecule is N#Cc1cc2c(O)csc2cc1O. The van der Waals surface area contributed by atoms with Crippen molar-refractivity contribution in [3.63, 3.8) is 0 Å². The predicted molar refractivity (Wildman–Crippen MR) is 49.9 cm³/mol. The van der Waals surface area contributed by atoms with Crippen LogP contribution < -0.4 is 0 Å². The molecule has 2 N–H and O–H groups in total. The third-order valence-corrected chi connectivity index (χ3v) is 2.72. The van der Waals surface area contributed by atoms with Gasteiger partial charge >= 0.3 is 0 Å². The summed E-state index contributed by atoms with van der Waals surface area (Å²) in [5.41, 5.74) is 0.182. The number of phenols is 1. The van der Waals surface area contributed by atoms with Gasteiger partial charge in [-0.25, -0.2) is 0 Å². The van der Waals surface area contributed by atoms with E-state index in [-0.39, 0.29) is 17.1 Å². The Labute approximate surface area is 78.1 Å². The van der Waals surface area contributed by atoms with Crippen molar-refractivity contribution in [2.24, 2.45) is 0 Å². The van der Waals surface area contributed by atoms with Crippen LogP contribution in [0.25, 0.3) is 10.1 Å². The Morgan fingerprint density at radius 3 is 2.69 bits per heavy atom. The smallest absolute Gasteiger partial charge is 0.134 e. The zero-order valence-corrected chi connectivity index (χ0v) is 7.30. The number of fused-ring (bicyclic) bond motifs is 1. The highest BCUT2D eigenvalue weighted by molar-refractivity contribution is 7.17. The van der Waals surface area contributed by atoms with Crippen molar-refractivity contribution in [3.05, 3.63) is 23.1 Å². The number of nitrogens with zero attached hydrogens (tertiary/aromatic N) is 1. The van der Waals surface area contributed by atoms with Gasteiger partial charge in [0.1, 0.15) is 17.6 Å². The van der Waals surface area contributed by atoms with Gasteiger partial charge in [0.05, 0.1) is 5.56 Å². The van der Waals surface area contributed by atoms with E-state index in [4.69, 9.17) is 5.26 Å². The summed E-state index contributed by atoms with van der Waals surface area (Å²) in [7, 11) is 0. The molecule has 0 unspecified atom stereocenters. The minimum atomic E-state index is -0.0446. The van der Waals surface area contributed by atoms with Gasteiger partial charge < -0.3 is 10.2 Å². The molecule has 1 heterocycles. The number of phenolic OH excluding ortho intramolecular Hbond substituents is 1. The number of thiophene rings is 1. The Bertz CT molecular complexity index is 510. The highest BCUT2D eigenvalue weighted by atomic mass is 32.1. The van der Waals surface area contributed by atoms with Gasteiger partial charge in [0, 0.05) is 15.5 Å². The second-order valence-electron chi connectivity index (χ2n) is 2.60. The van der Waals surface area contributed by atoms with Crippen LogP contribution in [-0.2, 0) is 0 Å². The Morgan fingerprint density at radius 1 is 1.23 bits per heavy atom. The number of hydrogen-bond acceptors (Lipinski definition) is 4. The standard InChI is InChI=1S/C9H5NO2S/c10-3-5-1-6-8(12)4-13-9(6)2-7(5)11/h1-2,4,11-12H. The fourth-order valence-corrected chi connectivity index (χ4v) is 1.97. The van der Waals surface area contributed by atoms with Crippen molar-refractivity contribution in [2.75, 3.05) is 0 Å². The second-order valence-corrected chi connectivity index (χ2v) is 3.51. The molecular weight excluding hydrogens is 186 g/mol. The summed E-state index contributed by atoms with van der Waals surface area (Å²) in [5, 5.41) is 29.5. The molecule has 0 aliphatic rings. The first-order valence-corrected chi connectivity index (χ1v) is 4.43. The third kappa shape index (κ3) is 1.10. The average Bonchev–Trinajstić information content (AvgIpc) is 2.46. The molecule has 0 aliphatic carbocycles. The minimum Gasteiger partial charge on any atom is -0.507 e. The Hall–Kier alpha value is -1.73. The predicted octanol–water partition coefficient (Wildman–Crippen LogP) is 2.18. The van der Waals surface area contributed by atoms with Crippen LogP contribution in [0.3, 0.4) is 0 Å². The fourth-order valence-electron chi connectivity index (χ4n) is 1.14. The van der Waals surface area contributed by atoms with E-state index in [9.17, 15) is 10.2 Å². The number of hydrogen-bond donors (Lipinski definition) is 2. The maximum Gasteiger partial charge on any atom is 0.134 e. The van der Waals surface area contributed by atoms with Crippen LogP contribution in [0, 0.1) is 11.3 Å². The van der Waals surface area contributed by atoms with Crippen LogP contribution in [0.4, 0.5) is 0 Å². The molecule has 13 heavy (non-hydrogen) atoms. The molecule has 0 fully saturated rings.